The number of aliphatic hydroxyl groups is 1. The first-order valence-corrected chi connectivity index (χ1v) is 9.34. The molecule has 26 heavy (non-hydrogen) atoms. The van der Waals surface area contributed by atoms with Gasteiger partial charge in [-0.2, -0.15) is 0 Å². The number of anilines is 1. The fraction of sp³-hybridized carbons (Fsp3) is 0.364. The zero-order valence-electron chi connectivity index (χ0n) is 14.7. The second-order valence-electron chi connectivity index (χ2n) is 7.42. The molecule has 1 fully saturated rings. The van der Waals surface area contributed by atoms with E-state index in [2.05, 4.69) is 5.32 Å². The molecule has 2 N–H and O–H groups in total. The number of nitrogens with one attached hydrogen (secondary N) is 1. The van der Waals surface area contributed by atoms with E-state index in [0.29, 0.717) is 22.7 Å². The van der Waals surface area contributed by atoms with Crippen LogP contribution in [0.25, 0.3) is 0 Å². The summed E-state index contributed by atoms with van der Waals surface area (Å²) in [6.45, 7) is 0. The van der Waals surface area contributed by atoms with E-state index in [9.17, 15) is 14.7 Å². The van der Waals surface area contributed by atoms with Crippen LogP contribution in [-0.4, -0.2) is 16.8 Å². The second kappa shape index (κ2) is 6.69. The zero-order valence-corrected chi connectivity index (χ0v) is 14.7. The van der Waals surface area contributed by atoms with Gasteiger partial charge in [0.25, 0.3) is 5.91 Å². The molecule has 4 nitrogen and oxygen atoms in total. The molecule has 2 aromatic rings. The molecule has 2 aromatic carbocycles. The Labute approximate surface area is 153 Å². The third-order valence-corrected chi connectivity index (χ3v) is 5.72. The average molecular weight is 349 g/mol. The summed E-state index contributed by atoms with van der Waals surface area (Å²) in [4.78, 5) is 25.0. The number of ketones is 1. The van der Waals surface area contributed by atoms with E-state index in [0.717, 1.165) is 0 Å². The molecule has 1 saturated carbocycles. The van der Waals surface area contributed by atoms with Gasteiger partial charge in [0.05, 0.1) is 6.42 Å². The van der Waals surface area contributed by atoms with Crippen LogP contribution in [0.3, 0.4) is 0 Å². The van der Waals surface area contributed by atoms with Crippen LogP contribution >= 0.6 is 0 Å². The highest BCUT2D eigenvalue weighted by molar-refractivity contribution is 6.09. The predicted octanol–water partition coefficient (Wildman–Crippen LogP) is 4.15. The fourth-order valence-electron chi connectivity index (χ4n) is 4.19. The highest BCUT2D eigenvalue weighted by Crippen LogP contribution is 2.39. The molecule has 4 rings (SSSR count). The van der Waals surface area contributed by atoms with Crippen molar-refractivity contribution >= 4 is 17.4 Å². The molecule has 0 unspecified atom stereocenters. The van der Waals surface area contributed by atoms with Gasteiger partial charge in [0.1, 0.15) is 0 Å². The topological polar surface area (TPSA) is 66.4 Å². The lowest BCUT2D eigenvalue weighted by molar-refractivity contribution is -0.133. The molecule has 0 aromatic heterocycles. The Morgan fingerprint density at radius 1 is 1.04 bits per heavy atom. The van der Waals surface area contributed by atoms with Gasteiger partial charge in [0, 0.05) is 16.8 Å². The van der Waals surface area contributed by atoms with Gasteiger partial charge in [-0.1, -0.05) is 61.7 Å². The lowest BCUT2D eigenvalue weighted by Gasteiger charge is -2.22. The molecule has 4 heteroatoms. The Balaban J connectivity index is 1.52. The number of para-hydroxylation sites is 1. The number of hydrogen-bond donors (Lipinski definition) is 2. The Bertz CT molecular complexity index is 837. The van der Waals surface area contributed by atoms with Crippen LogP contribution in [0.5, 0.6) is 0 Å². The van der Waals surface area contributed by atoms with Crippen molar-refractivity contribution in [3.05, 3.63) is 65.2 Å². The maximum absolute atomic E-state index is 12.7. The maximum atomic E-state index is 12.7. The molecular weight excluding hydrogens is 326 g/mol. The average Bonchev–Trinajstić information content (AvgIpc) is 2.93. The number of benzene rings is 2. The van der Waals surface area contributed by atoms with E-state index in [4.69, 9.17) is 0 Å². The molecule has 0 spiro atoms. The van der Waals surface area contributed by atoms with Gasteiger partial charge in [-0.25, -0.2) is 0 Å². The Hall–Kier alpha value is -2.46. The lowest BCUT2D eigenvalue weighted by atomic mass is 9.83. The van der Waals surface area contributed by atoms with Crippen molar-refractivity contribution in [1.29, 1.82) is 0 Å². The summed E-state index contributed by atoms with van der Waals surface area (Å²) in [6.07, 6.45) is 6.03. The zero-order chi connectivity index (χ0) is 18.1. The number of carbonyl (C=O) groups is 2. The van der Waals surface area contributed by atoms with Gasteiger partial charge < -0.3 is 10.4 Å². The standard InChI is InChI=1S/C22H23NO3/c24-20(14-22(26)18-8-4-5-9-19(18)23-21(22)25)17-12-10-16(11-13-17)15-6-2-1-3-7-15/h4-5,8-13,15,26H,1-3,6-7,14H2,(H,23,25)/t22-/m1/s1. The third kappa shape index (κ3) is 2.95. The highest BCUT2D eigenvalue weighted by Gasteiger charge is 2.46. The molecule has 1 amide bonds. The van der Waals surface area contributed by atoms with Crippen molar-refractivity contribution in [2.24, 2.45) is 0 Å². The van der Waals surface area contributed by atoms with Crippen molar-refractivity contribution in [2.75, 3.05) is 5.32 Å². The van der Waals surface area contributed by atoms with Gasteiger partial charge >= 0.3 is 0 Å². The quantitative estimate of drug-likeness (QED) is 0.815. The summed E-state index contributed by atoms with van der Waals surface area (Å²) < 4.78 is 0. The van der Waals surface area contributed by atoms with Crippen molar-refractivity contribution in [3.63, 3.8) is 0 Å². The first-order valence-electron chi connectivity index (χ1n) is 9.34. The maximum Gasteiger partial charge on any atom is 0.261 e. The summed E-state index contributed by atoms with van der Waals surface area (Å²) >= 11 is 0. The first-order chi connectivity index (χ1) is 12.6. The molecule has 0 radical (unpaired) electrons. The van der Waals surface area contributed by atoms with E-state index < -0.39 is 11.5 Å². The van der Waals surface area contributed by atoms with E-state index in [1.807, 2.05) is 24.3 Å². The van der Waals surface area contributed by atoms with Gasteiger partial charge in [-0.3, -0.25) is 9.59 Å². The molecule has 1 aliphatic carbocycles. The van der Waals surface area contributed by atoms with Crippen LogP contribution in [0.1, 0.15) is 65.9 Å². The van der Waals surface area contributed by atoms with Crippen LogP contribution in [0.15, 0.2) is 48.5 Å². The molecular formula is C22H23NO3. The van der Waals surface area contributed by atoms with Gasteiger partial charge in [-0.05, 0) is 30.4 Å². The van der Waals surface area contributed by atoms with E-state index in [1.165, 1.54) is 37.7 Å². The minimum atomic E-state index is -1.80. The van der Waals surface area contributed by atoms with Crippen LogP contribution in [-0.2, 0) is 10.4 Å². The van der Waals surface area contributed by atoms with Crippen LogP contribution in [0.4, 0.5) is 5.69 Å². The monoisotopic (exact) mass is 349 g/mol. The number of carbonyl (C=O) groups excluding carboxylic acids is 2. The number of Topliss-reactive ketones (excluding diaryl/α,β-unsaturated/α-hetero) is 1. The third-order valence-electron chi connectivity index (χ3n) is 5.72. The summed E-state index contributed by atoms with van der Waals surface area (Å²) in [6, 6.07) is 14.7. The minimum absolute atomic E-state index is 0.227. The normalized spacial score (nSPS) is 22.7. The number of fused-ring (bicyclic) bond motifs is 1. The van der Waals surface area contributed by atoms with E-state index >= 15 is 0 Å². The van der Waals surface area contributed by atoms with Crippen LogP contribution < -0.4 is 5.32 Å². The molecule has 2 aliphatic rings. The van der Waals surface area contributed by atoms with E-state index in [-0.39, 0.29) is 12.2 Å². The number of hydrogen-bond acceptors (Lipinski definition) is 3. The lowest BCUT2D eigenvalue weighted by Crippen LogP contribution is -2.36. The summed E-state index contributed by atoms with van der Waals surface area (Å²) in [7, 11) is 0. The largest absolute Gasteiger partial charge is 0.375 e. The number of amides is 1. The molecule has 1 aliphatic heterocycles. The van der Waals surface area contributed by atoms with Gasteiger partial charge in [0.15, 0.2) is 11.4 Å². The van der Waals surface area contributed by atoms with E-state index in [1.54, 1.807) is 24.3 Å². The fourth-order valence-corrected chi connectivity index (χ4v) is 4.19. The van der Waals surface area contributed by atoms with Crippen LogP contribution in [0, 0.1) is 0 Å². The Kier molecular flexibility index (Phi) is 4.37. The van der Waals surface area contributed by atoms with Crippen LogP contribution in [0.2, 0.25) is 0 Å². The minimum Gasteiger partial charge on any atom is -0.375 e. The summed E-state index contributed by atoms with van der Waals surface area (Å²) in [5.74, 6) is -0.176. The van der Waals surface area contributed by atoms with Crippen molar-refractivity contribution in [1.82, 2.24) is 0 Å². The van der Waals surface area contributed by atoms with Crippen molar-refractivity contribution < 1.29 is 14.7 Å². The molecule has 0 saturated heterocycles. The highest BCUT2D eigenvalue weighted by atomic mass is 16.3. The molecule has 1 atom stereocenters. The van der Waals surface area contributed by atoms with Crippen molar-refractivity contribution in [2.45, 2.75) is 50.0 Å². The Morgan fingerprint density at radius 3 is 2.46 bits per heavy atom. The first kappa shape index (κ1) is 17.0. The summed E-state index contributed by atoms with van der Waals surface area (Å²) in [5, 5.41) is 13.5. The second-order valence-corrected chi connectivity index (χ2v) is 7.42. The molecule has 0 bridgehead atoms. The van der Waals surface area contributed by atoms with Gasteiger partial charge in [0.2, 0.25) is 0 Å². The summed E-state index contributed by atoms with van der Waals surface area (Å²) in [5.41, 5.74) is 1.06. The smallest absolute Gasteiger partial charge is 0.261 e. The van der Waals surface area contributed by atoms with Crippen molar-refractivity contribution in [3.8, 4) is 0 Å². The molecule has 134 valence electrons. The predicted molar refractivity (Wildman–Crippen MR) is 100 cm³/mol. The Morgan fingerprint density at radius 2 is 1.73 bits per heavy atom. The SMILES string of the molecule is O=C(C[C@]1(O)C(=O)Nc2ccccc21)c1ccc(C2CCCCC2)cc1. The molecule has 1 heterocycles. The number of rotatable bonds is 4. The van der Waals surface area contributed by atoms with Gasteiger partial charge in [-0.15, -0.1) is 0 Å².